The molecule has 1 aliphatic heterocycles. The van der Waals surface area contributed by atoms with Gasteiger partial charge in [-0.15, -0.1) is 5.10 Å². The molecule has 0 saturated heterocycles. The molecule has 24 heavy (non-hydrogen) atoms. The third-order valence-electron chi connectivity index (χ3n) is 6.45. The first-order valence-corrected chi connectivity index (χ1v) is 10.1. The summed E-state index contributed by atoms with van der Waals surface area (Å²) in [4.78, 5) is 4.94. The Balaban J connectivity index is 1.52. The lowest BCUT2D eigenvalue weighted by molar-refractivity contribution is 0.194. The standard InChI is InChI=1S/C19H22BrN3S/c1-18(2)13-8-9-19(18,3)16(10-13)21-17-23-22-15(11-24-17)12-4-6-14(20)7-5-12/h4-7,11,13,22H,8-10H2,1-3H3/t13-,19+/m1/s1. The van der Waals surface area contributed by atoms with Crippen LogP contribution in [0.2, 0.25) is 0 Å². The van der Waals surface area contributed by atoms with Crippen LogP contribution in [0.3, 0.4) is 0 Å². The highest BCUT2D eigenvalue weighted by Gasteiger charge is 2.59. The highest BCUT2D eigenvalue weighted by Crippen LogP contribution is 2.64. The van der Waals surface area contributed by atoms with Gasteiger partial charge in [0.2, 0.25) is 5.17 Å². The monoisotopic (exact) mass is 403 g/mol. The van der Waals surface area contributed by atoms with Gasteiger partial charge in [-0.3, -0.25) is 5.43 Å². The number of fused-ring (bicyclic) bond motifs is 2. The molecule has 0 unspecified atom stereocenters. The topological polar surface area (TPSA) is 36.8 Å². The fourth-order valence-electron chi connectivity index (χ4n) is 4.30. The second kappa shape index (κ2) is 5.73. The maximum absolute atomic E-state index is 4.94. The van der Waals surface area contributed by atoms with Crippen LogP contribution in [0.25, 0.3) is 5.70 Å². The molecule has 0 spiro atoms. The number of amidine groups is 1. The maximum atomic E-state index is 4.94. The number of nitrogens with one attached hydrogen (secondary N) is 1. The summed E-state index contributed by atoms with van der Waals surface area (Å²) < 4.78 is 1.08. The Morgan fingerprint density at radius 2 is 2.00 bits per heavy atom. The Kier molecular flexibility index (Phi) is 3.92. The normalized spacial score (nSPS) is 32.5. The van der Waals surface area contributed by atoms with E-state index in [0.717, 1.165) is 33.2 Å². The first kappa shape index (κ1) is 16.4. The third kappa shape index (κ3) is 2.48. The molecule has 126 valence electrons. The Morgan fingerprint density at radius 3 is 2.54 bits per heavy atom. The van der Waals surface area contributed by atoms with Crippen molar-refractivity contribution in [3.63, 3.8) is 0 Å². The number of halogens is 1. The molecule has 2 bridgehead atoms. The largest absolute Gasteiger partial charge is 0.275 e. The van der Waals surface area contributed by atoms with Gasteiger partial charge in [0, 0.05) is 26.6 Å². The molecule has 2 atom stereocenters. The molecule has 3 aliphatic rings. The van der Waals surface area contributed by atoms with Gasteiger partial charge >= 0.3 is 0 Å². The van der Waals surface area contributed by atoms with Gasteiger partial charge in [0.25, 0.3) is 0 Å². The molecule has 1 aromatic carbocycles. The zero-order chi connectivity index (χ0) is 16.9. The number of hydrazone groups is 1. The molecule has 2 aliphatic carbocycles. The van der Waals surface area contributed by atoms with Gasteiger partial charge < -0.3 is 0 Å². The minimum atomic E-state index is 0.233. The predicted octanol–water partition coefficient (Wildman–Crippen LogP) is 5.64. The van der Waals surface area contributed by atoms with Crippen molar-refractivity contribution in [2.24, 2.45) is 26.8 Å². The Bertz CT molecular complexity index is 763. The highest BCUT2D eigenvalue weighted by molar-refractivity contribution is 9.10. The van der Waals surface area contributed by atoms with E-state index in [1.807, 2.05) is 12.1 Å². The van der Waals surface area contributed by atoms with Crippen LogP contribution in [0, 0.1) is 16.7 Å². The summed E-state index contributed by atoms with van der Waals surface area (Å²) in [6, 6.07) is 8.24. The molecule has 1 N–H and O–H groups in total. The molecule has 5 heteroatoms. The van der Waals surface area contributed by atoms with Gasteiger partial charge in [-0.25, -0.2) is 4.99 Å². The van der Waals surface area contributed by atoms with Crippen LogP contribution in [0.15, 0.2) is 44.2 Å². The zero-order valence-corrected chi connectivity index (χ0v) is 16.7. The van der Waals surface area contributed by atoms with Gasteiger partial charge in [0.15, 0.2) is 0 Å². The van der Waals surface area contributed by atoms with E-state index >= 15 is 0 Å². The number of aliphatic imine (C=N–C) groups is 1. The van der Waals surface area contributed by atoms with Gasteiger partial charge in [-0.2, -0.15) is 0 Å². The second-order valence-electron chi connectivity index (χ2n) is 7.71. The highest BCUT2D eigenvalue weighted by atomic mass is 79.9. The number of benzene rings is 1. The summed E-state index contributed by atoms with van der Waals surface area (Å²) in [7, 11) is 0. The molecule has 1 heterocycles. The summed E-state index contributed by atoms with van der Waals surface area (Å²) in [5.41, 5.74) is 7.26. The SMILES string of the molecule is CC1(C)[C@@H]2CC[C@@]1(C)C(=NC1=NNC(c3ccc(Br)cc3)=CS1)C2. The average Bonchev–Trinajstić information content (AvgIpc) is 2.90. The maximum Gasteiger partial charge on any atom is 0.210 e. The zero-order valence-electron chi connectivity index (χ0n) is 14.3. The van der Waals surface area contributed by atoms with Crippen molar-refractivity contribution in [2.75, 3.05) is 0 Å². The molecular weight excluding hydrogens is 382 g/mol. The minimum Gasteiger partial charge on any atom is -0.275 e. The molecule has 0 radical (unpaired) electrons. The summed E-state index contributed by atoms with van der Waals surface area (Å²) >= 11 is 5.08. The summed E-state index contributed by atoms with van der Waals surface area (Å²) in [5, 5.41) is 7.43. The average molecular weight is 404 g/mol. The molecule has 4 rings (SSSR count). The van der Waals surface area contributed by atoms with Crippen molar-refractivity contribution in [3.8, 4) is 0 Å². The van der Waals surface area contributed by atoms with Crippen molar-refractivity contribution < 1.29 is 0 Å². The van der Waals surface area contributed by atoms with Gasteiger partial charge in [-0.05, 0) is 42.7 Å². The lowest BCUT2D eigenvalue weighted by Gasteiger charge is -2.34. The Morgan fingerprint density at radius 1 is 1.25 bits per heavy atom. The molecular formula is C19H22BrN3S. The van der Waals surface area contributed by atoms with E-state index in [1.54, 1.807) is 11.8 Å². The van der Waals surface area contributed by atoms with Crippen LogP contribution in [0.1, 0.15) is 45.6 Å². The van der Waals surface area contributed by atoms with Crippen LogP contribution in [-0.2, 0) is 0 Å². The molecule has 2 fully saturated rings. The number of nitrogens with zero attached hydrogens (tertiary/aromatic N) is 2. The molecule has 1 aromatic rings. The van der Waals surface area contributed by atoms with Crippen LogP contribution in [0.4, 0.5) is 0 Å². The van der Waals surface area contributed by atoms with Crippen molar-refractivity contribution in [1.29, 1.82) is 0 Å². The number of hydrogen-bond donors (Lipinski definition) is 1. The molecule has 0 amide bonds. The third-order valence-corrected chi connectivity index (χ3v) is 7.73. The lowest BCUT2D eigenvalue weighted by atomic mass is 9.70. The van der Waals surface area contributed by atoms with Crippen LogP contribution < -0.4 is 5.43 Å². The fourth-order valence-corrected chi connectivity index (χ4v) is 5.24. The summed E-state index contributed by atoms with van der Waals surface area (Å²) in [6.07, 6.45) is 3.73. The van der Waals surface area contributed by atoms with E-state index in [2.05, 4.69) is 64.8 Å². The van der Waals surface area contributed by atoms with Gasteiger partial charge in [-0.1, -0.05) is 60.6 Å². The van der Waals surface area contributed by atoms with Crippen molar-refractivity contribution in [2.45, 2.75) is 40.0 Å². The Labute approximate surface area is 156 Å². The first-order valence-electron chi connectivity index (χ1n) is 8.45. The summed E-state index contributed by atoms with van der Waals surface area (Å²) in [6.45, 7) is 7.21. The van der Waals surface area contributed by atoms with E-state index in [4.69, 9.17) is 4.99 Å². The number of rotatable bonds is 1. The second-order valence-corrected chi connectivity index (χ2v) is 9.47. The van der Waals surface area contributed by atoms with Crippen LogP contribution in [-0.4, -0.2) is 10.9 Å². The summed E-state index contributed by atoms with van der Waals surface area (Å²) in [5.74, 6) is 0.775. The van der Waals surface area contributed by atoms with Crippen molar-refractivity contribution in [3.05, 3.63) is 39.7 Å². The van der Waals surface area contributed by atoms with Crippen LogP contribution in [0.5, 0.6) is 0 Å². The van der Waals surface area contributed by atoms with Crippen molar-refractivity contribution >= 4 is 44.3 Å². The van der Waals surface area contributed by atoms with E-state index in [1.165, 1.54) is 18.6 Å². The number of hydrogen-bond acceptors (Lipinski definition) is 4. The van der Waals surface area contributed by atoms with Crippen LogP contribution >= 0.6 is 27.7 Å². The fraction of sp³-hybridized carbons (Fsp3) is 0.474. The van der Waals surface area contributed by atoms with E-state index in [0.29, 0.717) is 5.41 Å². The Hall–Kier alpha value is -1.07. The van der Waals surface area contributed by atoms with Crippen molar-refractivity contribution in [1.82, 2.24) is 5.43 Å². The minimum absolute atomic E-state index is 0.233. The molecule has 3 nitrogen and oxygen atoms in total. The first-order chi connectivity index (χ1) is 11.4. The molecule has 0 aromatic heterocycles. The van der Waals surface area contributed by atoms with E-state index in [9.17, 15) is 0 Å². The van der Waals surface area contributed by atoms with Gasteiger partial charge in [0.05, 0.1) is 5.70 Å². The predicted molar refractivity (Wildman–Crippen MR) is 107 cm³/mol. The number of thioether (sulfide) groups is 1. The van der Waals surface area contributed by atoms with E-state index in [-0.39, 0.29) is 5.41 Å². The quantitative estimate of drug-likeness (QED) is 0.658. The van der Waals surface area contributed by atoms with E-state index < -0.39 is 0 Å². The molecule has 2 saturated carbocycles. The smallest absolute Gasteiger partial charge is 0.210 e. The van der Waals surface area contributed by atoms with Gasteiger partial charge in [0.1, 0.15) is 0 Å². The lowest BCUT2D eigenvalue weighted by Crippen LogP contribution is -2.33.